The van der Waals surface area contributed by atoms with Gasteiger partial charge in [0.25, 0.3) is 0 Å². The molecule has 0 aliphatic rings. The van der Waals surface area contributed by atoms with Crippen LogP contribution >= 0.6 is 11.8 Å². The van der Waals surface area contributed by atoms with E-state index in [1.165, 1.54) is 0 Å². The van der Waals surface area contributed by atoms with Crippen molar-refractivity contribution in [1.82, 2.24) is 4.90 Å². The van der Waals surface area contributed by atoms with Crippen LogP contribution in [-0.2, 0) is 0 Å². The highest BCUT2D eigenvalue weighted by atomic mass is 127. The molecule has 0 aliphatic carbocycles. The lowest BCUT2D eigenvalue weighted by Gasteiger charge is -2.10. The third kappa shape index (κ3) is 4.96. The molecule has 0 saturated carbocycles. The molecular weight excluding hydrogens is 345 g/mol. The standard InChI is InChI=1S/C12H16N3S.HI/c1-14(2)12(15(3)4)16-11-7-5-10(9-13)6-8-11;/h5-8H,1-4H3;1H/q+1;/p-1. The zero-order chi connectivity index (χ0) is 12.1. The van der Waals surface area contributed by atoms with Gasteiger partial charge >= 0.3 is 5.17 Å². The Kier molecular flexibility index (Phi) is 7.23. The molecule has 3 nitrogen and oxygen atoms in total. The molecule has 0 atom stereocenters. The van der Waals surface area contributed by atoms with E-state index in [1.807, 2.05) is 52.5 Å². The van der Waals surface area contributed by atoms with Gasteiger partial charge in [-0.2, -0.15) is 5.26 Å². The molecular formula is C12H16IN3S. The van der Waals surface area contributed by atoms with Crippen LogP contribution in [0.2, 0.25) is 0 Å². The number of halogens is 1. The number of amidine groups is 1. The highest BCUT2D eigenvalue weighted by Crippen LogP contribution is 2.20. The van der Waals surface area contributed by atoms with Crippen molar-refractivity contribution in [3.05, 3.63) is 29.8 Å². The van der Waals surface area contributed by atoms with E-state index in [-0.39, 0.29) is 24.0 Å². The summed E-state index contributed by atoms with van der Waals surface area (Å²) in [5, 5.41) is 9.87. The molecule has 5 heteroatoms. The maximum absolute atomic E-state index is 8.71. The predicted octanol–water partition coefficient (Wildman–Crippen LogP) is -1.16. The van der Waals surface area contributed by atoms with Crippen molar-refractivity contribution in [3.63, 3.8) is 0 Å². The summed E-state index contributed by atoms with van der Waals surface area (Å²) in [4.78, 5) is 3.21. The average molecular weight is 361 g/mol. The summed E-state index contributed by atoms with van der Waals surface area (Å²) in [6.45, 7) is 0. The zero-order valence-corrected chi connectivity index (χ0v) is 13.4. The minimum Gasteiger partial charge on any atom is -1.00 e. The Morgan fingerprint density at radius 3 is 2.12 bits per heavy atom. The van der Waals surface area contributed by atoms with E-state index >= 15 is 0 Å². The molecule has 1 aromatic carbocycles. The first kappa shape index (κ1) is 16.3. The van der Waals surface area contributed by atoms with E-state index in [4.69, 9.17) is 5.26 Å². The van der Waals surface area contributed by atoms with Gasteiger partial charge in [0.05, 0.1) is 39.8 Å². The summed E-state index contributed by atoms with van der Waals surface area (Å²) < 4.78 is 2.07. The zero-order valence-electron chi connectivity index (χ0n) is 10.4. The van der Waals surface area contributed by atoms with Crippen molar-refractivity contribution in [2.24, 2.45) is 0 Å². The maximum Gasteiger partial charge on any atom is 0.312 e. The van der Waals surface area contributed by atoms with Crippen molar-refractivity contribution in [3.8, 4) is 6.07 Å². The highest BCUT2D eigenvalue weighted by Gasteiger charge is 2.13. The molecule has 0 N–H and O–H groups in total. The van der Waals surface area contributed by atoms with Gasteiger partial charge in [0, 0.05) is 4.90 Å². The molecule has 0 aliphatic heterocycles. The van der Waals surface area contributed by atoms with Gasteiger partial charge in [-0.25, -0.2) is 0 Å². The topological polar surface area (TPSA) is 30.0 Å². The Morgan fingerprint density at radius 2 is 1.76 bits per heavy atom. The van der Waals surface area contributed by atoms with E-state index in [0.717, 1.165) is 10.1 Å². The van der Waals surface area contributed by atoms with Crippen LogP contribution in [0.15, 0.2) is 29.2 Å². The third-order valence-corrected chi connectivity index (χ3v) is 3.38. The summed E-state index contributed by atoms with van der Waals surface area (Å²) in [5.74, 6) is 0. The van der Waals surface area contributed by atoms with Crippen molar-refractivity contribution >= 4 is 16.9 Å². The van der Waals surface area contributed by atoms with Crippen molar-refractivity contribution in [2.75, 3.05) is 28.2 Å². The number of hydrogen-bond acceptors (Lipinski definition) is 2. The van der Waals surface area contributed by atoms with E-state index in [0.29, 0.717) is 5.56 Å². The molecule has 0 spiro atoms. The summed E-state index contributed by atoms with van der Waals surface area (Å²) in [7, 11) is 8.08. The van der Waals surface area contributed by atoms with Crippen LogP contribution < -0.4 is 24.0 Å². The van der Waals surface area contributed by atoms with Crippen LogP contribution in [0.25, 0.3) is 0 Å². The lowest BCUT2D eigenvalue weighted by molar-refractivity contribution is -0.466. The molecule has 0 radical (unpaired) electrons. The van der Waals surface area contributed by atoms with Crippen LogP contribution in [0.1, 0.15) is 5.56 Å². The van der Waals surface area contributed by atoms with Crippen LogP contribution in [0, 0.1) is 11.3 Å². The fourth-order valence-corrected chi connectivity index (χ4v) is 2.13. The van der Waals surface area contributed by atoms with Gasteiger partial charge in [0.15, 0.2) is 0 Å². The van der Waals surface area contributed by atoms with Gasteiger partial charge in [-0.15, -0.1) is 0 Å². The lowest BCUT2D eigenvalue weighted by Crippen LogP contribution is -3.00. The summed E-state index contributed by atoms with van der Waals surface area (Å²) in [5.41, 5.74) is 0.695. The summed E-state index contributed by atoms with van der Waals surface area (Å²) in [6.07, 6.45) is 0. The van der Waals surface area contributed by atoms with Gasteiger partial charge < -0.3 is 24.0 Å². The molecule has 1 aromatic rings. The Labute approximate surface area is 124 Å². The molecule has 92 valence electrons. The first-order valence-corrected chi connectivity index (χ1v) is 5.76. The van der Waals surface area contributed by atoms with E-state index in [9.17, 15) is 0 Å². The van der Waals surface area contributed by atoms with Gasteiger partial charge in [-0.05, 0) is 36.0 Å². The number of hydrogen-bond donors (Lipinski definition) is 0. The second kappa shape index (κ2) is 7.56. The Morgan fingerprint density at radius 1 is 1.24 bits per heavy atom. The molecule has 0 aromatic heterocycles. The molecule has 1 rings (SSSR count). The van der Waals surface area contributed by atoms with Crippen molar-refractivity contribution in [2.45, 2.75) is 4.90 Å². The Hall–Kier alpha value is -0.740. The van der Waals surface area contributed by atoms with Gasteiger partial charge in [-0.3, -0.25) is 9.48 Å². The molecule has 0 heterocycles. The van der Waals surface area contributed by atoms with Crippen LogP contribution in [0.4, 0.5) is 0 Å². The second-order valence-corrected chi connectivity index (χ2v) is 4.85. The fourth-order valence-electron chi connectivity index (χ4n) is 1.29. The minimum absolute atomic E-state index is 0. The van der Waals surface area contributed by atoms with Crippen molar-refractivity contribution < 1.29 is 28.6 Å². The number of nitrogens with zero attached hydrogens (tertiary/aromatic N) is 3. The predicted molar refractivity (Wildman–Crippen MR) is 67.8 cm³/mol. The number of thioether (sulfide) groups is 1. The van der Waals surface area contributed by atoms with Gasteiger partial charge in [-0.1, -0.05) is 0 Å². The van der Waals surface area contributed by atoms with E-state index in [2.05, 4.69) is 15.5 Å². The molecule has 17 heavy (non-hydrogen) atoms. The highest BCUT2D eigenvalue weighted by molar-refractivity contribution is 8.13. The van der Waals surface area contributed by atoms with Crippen molar-refractivity contribution in [1.29, 1.82) is 5.26 Å². The Balaban J connectivity index is 0.00000256. The normalized spacial score (nSPS) is 8.88. The maximum atomic E-state index is 8.71. The third-order valence-electron chi connectivity index (χ3n) is 1.96. The largest absolute Gasteiger partial charge is 1.00 e. The summed E-state index contributed by atoms with van der Waals surface area (Å²) in [6, 6.07) is 9.73. The van der Waals surface area contributed by atoms with Crippen LogP contribution in [0.5, 0.6) is 0 Å². The molecule has 0 saturated heterocycles. The minimum atomic E-state index is 0. The number of nitriles is 1. The first-order valence-electron chi connectivity index (χ1n) is 4.94. The smallest absolute Gasteiger partial charge is 0.312 e. The van der Waals surface area contributed by atoms with E-state index < -0.39 is 0 Å². The van der Waals surface area contributed by atoms with Crippen LogP contribution in [0.3, 0.4) is 0 Å². The first-order chi connectivity index (χ1) is 7.54. The number of benzene rings is 1. The molecule has 0 fully saturated rings. The van der Waals surface area contributed by atoms with Gasteiger partial charge in [0.1, 0.15) is 0 Å². The molecule has 0 bridgehead atoms. The fraction of sp³-hybridized carbons (Fsp3) is 0.333. The lowest BCUT2D eigenvalue weighted by atomic mass is 10.2. The SMILES string of the molecule is CN(C)C(Sc1ccc(C#N)cc1)=[N+](C)C.[I-]. The second-order valence-electron chi connectivity index (χ2n) is 3.81. The summed E-state index contributed by atoms with van der Waals surface area (Å²) >= 11 is 1.68. The van der Waals surface area contributed by atoms with Crippen LogP contribution in [-0.4, -0.2) is 42.8 Å². The Bertz CT molecular complexity index is 428. The quantitative estimate of drug-likeness (QED) is 0.208. The monoisotopic (exact) mass is 361 g/mol. The average Bonchev–Trinajstić information content (AvgIpc) is 2.25. The van der Waals surface area contributed by atoms with Gasteiger partial charge in [0.2, 0.25) is 0 Å². The molecule has 0 amide bonds. The number of rotatable bonds is 1. The molecule has 0 unspecified atom stereocenters. The van der Waals surface area contributed by atoms with E-state index in [1.54, 1.807) is 11.8 Å².